The Labute approximate surface area is 404 Å². The first-order chi connectivity index (χ1) is 31.8. The lowest BCUT2D eigenvalue weighted by molar-refractivity contribution is 0.589. The maximum absolute atomic E-state index is 10.9. The predicted molar refractivity (Wildman–Crippen MR) is 282 cm³/mol. The van der Waals surface area contributed by atoms with E-state index in [0.717, 1.165) is 44.5 Å². The number of benzene rings is 5. The van der Waals surface area contributed by atoms with Crippen molar-refractivity contribution in [1.29, 1.82) is 26.3 Å². The van der Waals surface area contributed by atoms with E-state index in [-0.39, 0.29) is 21.7 Å². The molecule has 0 fully saturated rings. The highest BCUT2D eigenvalue weighted by Crippen LogP contribution is 2.36. The molecule has 334 valence electrons. The van der Waals surface area contributed by atoms with Crippen molar-refractivity contribution >= 4 is 58.2 Å². The van der Waals surface area contributed by atoms with Gasteiger partial charge < -0.3 is 0 Å². The van der Waals surface area contributed by atoms with Gasteiger partial charge in [0.05, 0.1) is 58.2 Å². The van der Waals surface area contributed by atoms with E-state index in [2.05, 4.69) is 138 Å². The smallest absolute Gasteiger partial charge is 0.0998 e. The van der Waals surface area contributed by atoms with Crippen LogP contribution in [0.25, 0.3) is 58.2 Å². The van der Waals surface area contributed by atoms with E-state index < -0.39 is 0 Å². The summed E-state index contributed by atoms with van der Waals surface area (Å²) in [6.07, 6.45) is 15.2. The average Bonchev–Trinajstić information content (AvgIpc) is 3.28. The molecule has 68 heavy (non-hydrogen) atoms. The molecule has 5 heteroatoms. The maximum Gasteiger partial charge on any atom is 0.0998 e. The van der Waals surface area contributed by atoms with Crippen molar-refractivity contribution in [1.82, 2.24) is 0 Å². The van der Waals surface area contributed by atoms with Crippen LogP contribution in [0.1, 0.15) is 167 Å². The van der Waals surface area contributed by atoms with Crippen LogP contribution in [0.4, 0.5) is 0 Å². The second-order valence-corrected chi connectivity index (χ2v) is 21.7. The van der Waals surface area contributed by atoms with E-state index in [9.17, 15) is 26.3 Å². The van der Waals surface area contributed by atoms with Gasteiger partial charge in [-0.25, -0.2) is 0 Å². The molecule has 5 aromatic rings. The minimum atomic E-state index is -0.313. The zero-order chi connectivity index (χ0) is 49.9. The molecule has 0 amide bonds. The molecule has 5 nitrogen and oxygen atoms in total. The van der Waals surface area contributed by atoms with Crippen LogP contribution in [0.15, 0.2) is 91.0 Å². The topological polar surface area (TPSA) is 119 Å². The largest absolute Gasteiger partial charge is 0.192 e. The first kappa shape index (κ1) is 49.2. The van der Waals surface area contributed by atoms with Crippen LogP contribution in [0.5, 0.6) is 0 Å². The van der Waals surface area contributed by atoms with E-state index >= 15 is 0 Å². The van der Waals surface area contributed by atoms with Crippen LogP contribution in [0.3, 0.4) is 0 Å². The standard InChI is InChI=1S/C63H57N5/c1-14-40-15-41-17-46(16-40)51(35-64)23-42-18-48(32-56(27-42)60(2,3)4)53(37-66)25-44-20-50(34-58(29-44)62(8,9)10)55(39-68)26-45-21-49(33-59(30-45)63(11,12)13)54(38-67)24-43-19-47(52(22-41)36-65)31-57(28-43)61(5,6)7/h1,15-34H,2-13H3/b51-23+,52-22+,53-25+,54-24+,55-26?. The fourth-order valence-corrected chi connectivity index (χ4v) is 8.00. The van der Waals surface area contributed by atoms with E-state index in [0.29, 0.717) is 66.8 Å². The fraction of sp³-hybridized carbons (Fsp3) is 0.254. The molecule has 0 saturated heterocycles. The summed E-state index contributed by atoms with van der Waals surface area (Å²) < 4.78 is 0. The summed E-state index contributed by atoms with van der Waals surface area (Å²) in [6, 6.07) is 41.7. The molecule has 6 rings (SSSR count). The third-order valence-electron chi connectivity index (χ3n) is 12.1. The third-order valence-corrected chi connectivity index (χ3v) is 12.1. The Balaban J connectivity index is 1.78. The zero-order valence-electron chi connectivity index (χ0n) is 41.4. The van der Waals surface area contributed by atoms with Crippen molar-refractivity contribution in [2.75, 3.05) is 0 Å². The van der Waals surface area contributed by atoms with Gasteiger partial charge in [-0.15, -0.1) is 6.42 Å². The Hall–Kier alpha value is -8.19. The fourth-order valence-electron chi connectivity index (χ4n) is 8.00. The monoisotopic (exact) mass is 883 g/mol. The molecule has 0 N–H and O–H groups in total. The molecular formula is C63H57N5. The summed E-state index contributed by atoms with van der Waals surface area (Å²) in [6.45, 7) is 25.4. The summed E-state index contributed by atoms with van der Waals surface area (Å²) in [5, 5.41) is 54.2. The molecule has 1 aliphatic carbocycles. The summed E-state index contributed by atoms with van der Waals surface area (Å²) in [5.74, 6) is 2.74. The Morgan fingerprint density at radius 3 is 0.691 bits per heavy atom. The van der Waals surface area contributed by atoms with Crippen molar-refractivity contribution in [3.8, 4) is 42.7 Å². The van der Waals surface area contributed by atoms with Crippen LogP contribution in [0, 0.1) is 69.0 Å². The maximum atomic E-state index is 10.9. The van der Waals surface area contributed by atoms with Gasteiger partial charge in [-0.2, -0.15) is 26.3 Å². The number of nitriles is 5. The van der Waals surface area contributed by atoms with Crippen molar-refractivity contribution < 1.29 is 0 Å². The highest BCUT2D eigenvalue weighted by atomic mass is 14.3. The first-order valence-electron chi connectivity index (χ1n) is 22.7. The average molecular weight is 884 g/mol. The van der Waals surface area contributed by atoms with Gasteiger partial charge in [-0.05, 0) is 197 Å². The number of nitrogens with zero attached hydrogens (tertiary/aromatic N) is 5. The zero-order valence-corrected chi connectivity index (χ0v) is 41.4. The summed E-state index contributed by atoms with van der Waals surface area (Å²) in [4.78, 5) is 0. The Kier molecular flexibility index (Phi) is 13.7. The van der Waals surface area contributed by atoms with Gasteiger partial charge in [-0.3, -0.25) is 0 Å². The van der Waals surface area contributed by atoms with Gasteiger partial charge in [0.15, 0.2) is 0 Å². The molecular weight excluding hydrogens is 827 g/mol. The lowest BCUT2D eigenvalue weighted by atomic mass is 9.82. The normalized spacial score (nSPS) is 16.4. The van der Waals surface area contributed by atoms with Crippen molar-refractivity contribution in [2.45, 2.75) is 105 Å². The summed E-state index contributed by atoms with van der Waals surface area (Å²) >= 11 is 0. The molecule has 0 aliphatic heterocycles. The third kappa shape index (κ3) is 11.4. The van der Waals surface area contributed by atoms with Crippen LogP contribution in [-0.4, -0.2) is 0 Å². The molecule has 5 aromatic carbocycles. The minimum Gasteiger partial charge on any atom is -0.192 e. The van der Waals surface area contributed by atoms with Crippen molar-refractivity contribution in [3.05, 3.63) is 174 Å². The number of hydrogen-bond donors (Lipinski definition) is 0. The number of fused-ring (bicyclic) bond motifs is 10. The lowest BCUT2D eigenvalue weighted by Crippen LogP contribution is -2.12. The lowest BCUT2D eigenvalue weighted by Gasteiger charge is -2.22. The summed E-state index contributed by atoms with van der Waals surface area (Å²) in [7, 11) is 0. The van der Waals surface area contributed by atoms with Gasteiger partial charge in [0.25, 0.3) is 0 Å². The molecule has 1 aliphatic rings. The van der Waals surface area contributed by atoms with Crippen LogP contribution in [0.2, 0.25) is 0 Å². The Morgan fingerprint density at radius 1 is 0.294 bits per heavy atom. The number of allylic oxidation sites excluding steroid dienone is 5. The van der Waals surface area contributed by atoms with Crippen molar-refractivity contribution in [2.24, 2.45) is 0 Å². The van der Waals surface area contributed by atoms with Crippen LogP contribution in [-0.2, 0) is 21.7 Å². The SMILES string of the molecule is C#Cc1cc2cc(c1)/C(C#N)=C/c1cc(cc(C(C)(C)C)c1)/C(C#N)=C/c1cc(cc(C(C)(C)C)c1)C(C#N)=Cc1cc(cc(C(C)(C)C)c1)/C(C#N)=C/c1cc(cc(C(C)(C)C)c1)/C(C#N)=C/2. The molecule has 0 radical (unpaired) electrons. The number of rotatable bonds is 0. The molecule has 0 heterocycles. The second-order valence-electron chi connectivity index (χ2n) is 21.7. The minimum absolute atomic E-state index is 0.304. The molecule has 0 aromatic heterocycles. The number of hydrogen-bond acceptors (Lipinski definition) is 5. The molecule has 0 atom stereocenters. The highest BCUT2D eigenvalue weighted by molar-refractivity contribution is 5.98. The van der Waals surface area contributed by atoms with E-state index in [1.54, 1.807) is 12.1 Å². The molecule has 10 bridgehead atoms. The van der Waals surface area contributed by atoms with E-state index in [1.807, 2.05) is 91.0 Å². The predicted octanol–water partition coefficient (Wildman–Crippen LogP) is 15.5. The van der Waals surface area contributed by atoms with Crippen LogP contribution < -0.4 is 0 Å². The van der Waals surface area contributed by atoms with Gasteiger partial charge in [0.1, 0.15) is 0 Å². The Morgan fingerprint density at radius 2 is 0.500 bits per heavy atom. The number of terminal acetylenes is 1. The van der Waals surface area contributed by atoms with Gasteiger partial charge >= 0.3 is 0 Å². The first-order valence-corrected chi connectivity index (χ1v) is 22.7. The molecule has 0 saturated carbocycles. The van der Waals surface area contributed by atoms with Crippen molar-refractivity contribution in [3.63, 3.8) is 0 Å². The van der Waals surface area contributed by atoms with Gasteiger partial charge in [-0.1, -0.05) is 113 Å². The van der Waals surface area contributed by atoms with Gasteiger partial charge in [0.2, 0.25) is 0 Å². The molecule has 0 unspecified atom stereocenters. The molecule has 0 spiro atoms. The second kappa shape index (κ2) is 19.0. The highest BCUT2D eigenvalue weighted by Gasteiger charge is 2.22. The summed E-state index contributed by atoms with van der Waals surface area (Å²) in [5.41, 5.74) is 12.1. The van der Waals surface area contributed by atoms with Crippen LogP contribution >= 0.6 is 0 Å². The van der Waals surface area contributed by atoms with E-state index in [4.69, 9.17) is 6.42 Å². The quantitative estimate of drug-likeness (QED) is 0.143. The van der Waals surface area contributed by atoms with Gasteiger partial charge in [0, 0.05) is 5.56 Å². The van der Waals surface area contributed by atoms with E-state index in [1.165, 1.54) is 0 Å². The Bertz CT molecular complexity index is 3280.